The van der Waals surface area contributed by atoms with Crippen LogP contribution in [0.4, 0.5) is 5.82 Å². The summed E-state index contributed by atoms with van der Waals surface area (Å²) in [6.07, 6.45) is 1.67. The van der Waals surface area contributed by atoms with Gasteiger partial charge in [-0.3, -0.25) is 9.69 Å². The summed E-state index contributed by atoms with van der Waals surface area (Å²) in [7, 11) is 0. The lowest BCUT2D eigenvalue weighted by Crippen LogP contribution is -2.27. The molecule has 0 fully saturated rings. The molecule has 156 valence electrons. The number of carbonyl (C=O) groups excluding carboxylic acids is 1. The number of aryl methyl sites for hydroxylation is 1. The van der Waals surface area contributed by atoms with Crippen LogP contribution < -0.4 is 11.2 Å². The van der Waals surface area contributed by atoms with Crippen LogP contribution in [0.2, 0.25) is 0 Å². The van der Waals surface area contributed by atoms with Gasteiger partial charge < -0.3 is 5.73 Å². The number of benzene rings is 1. The summed E-state index contributed by atoms with van der Waals surface area (Å²) in [5, 5.41) is 19.9. The Hall–Kier alpha value is -3.60. The van der Waals surface area contributed by atoms with Crippen molar-refractivity contribution < 1.29 is 9.42 Å². The predicted molar refractivity (Wildman–Crippen MR) is 109 cm³/mol. The van der Waals surface area contributed by atoms with Crippen LogP contribution in [0.25, 0.3) is 5.82 Å². The molecule has 0 radical (unpaired) electrons. The quantitative estimate of drug-likeness (QED) is 0.554. The van der Waals surface area contributed by atoms with Crippen LogP contribution in [0.1, 0.15) is 47.6 Å². The fourth-order valence-electron chi connectivity index (χ4n) is 3.49. The number of fused-ring (bicyclic) bond motifs is 1. The topological polar surface area (TPSA) is 140 Å². The molecule has 0 bridgehead atoms. The van der Waals surface area contributed by atoms with E-state index in [1.54, 1.807) is 0 Å². The molecule has 11 nitrogen and oxygen atoms in total. The Bertz CT molecular complexity index is 1080. The highest BCUT2D eigenvalue weighted by atomic mass is 16.6. The molecule has 1 aliphatic carbocycles. The van der Waals surface area contributed by atoms with E-state index in [0.29, 0.717) is 12.2 Å². The van der Waals surface area contributed by atoms with Gasteiger partial charge in [0.25, 0.3) is 5.91 Å². The van der Waals surface area contributed by atoms with Crippen molar-refractivity contribution in [3.63, 3.8) is 0 Å². The molecule has 0 saturated carbocycles. The molecule has 30 heavy (non-hydrogen) atoms. The van der Waals surface area contributed by atoms with Crippen molar-refractivity contribution in [2.24, 2.45) is 5.10 Å². The van der Waals surface area contributed by atoms with Gasteiger partial charge in [-0.2, -0.15) is 9.78 Å². The molecule has 2 aromatic heterocycles. The maximum atomic E-state index is 13.1. The summed E-state index contributed by atoms with van der Waals surface area (Å²) in [5.41, 5.74) is 12.3. The van der Waals surface area contributed by atoms with Crippen molar-refractivity contribution in [1.29, 1.82) is 0 Å². The lowest BCUT2D eigenvalue weighted by molar-refractivity contribution is 0.0944. The molecular weight excluding hydrogens is 386 g/mol. The molecule has 0 atom stereocenters. The molecule has 4 rings (SSSR count). The average Bonchev–Trinajstić information content (AvgIpc) is 3.48. The second kappa shape index (κ2) is 8.41. The number of hydrogen-bond acceptors (Lipinski definition) is 9. The standard InChI is InChI=1S/C19H23N9O2/c1-3-27(4-2)11-15-16(28(26-22-15)18-17(20)24-30-25-18)19(29)23-21-14-10-9-12-7-5-6-8-13(12)14/h5-8H,3-4,9-11H2,1-2H3,(H2,20,24)(H,23,29)/b21-14+. The molecule has 2 heterocycles. The van der Waals surface area contributed by atoms with Gasteiger partial charge in [-0.05, 0) is 41.8 Å². The lowest BCUT2D eigenvalue weighted by atomic mass is 10.1. The monoisotopic (exact) mass is 409 g/mol. The predicted octanol–water partition coefficient (Wildman–Crippen LogP) is 1.15. The van der Waals surface area contributed by atoms with Crippen LogP contribution in [0.15, 0.2) is 34.0 Å². The minimum atomic E-state index is -0.457. The first-order valence-electron chi connectivity index (χ1n) is 9.82. The number of hydrogen-bond donors (Lipinski definition) is 2. The number of nitrogens with one attached hydrogen (secondary N) is 1. The summed E-state index contributed by atoms with van der Waals surface area (Å²) in [6, 6.07) is 8.04. The average molecular weight is 409 g/mol. The molecule has 0 spiro atoms. The number of aromatic nitrogens is 5. The van der Waals surface area contributed by atoms with Gasteiger partial charge >= 0.3 is 0 Å². The van der Waals surface area contributed by atoms with Crippen LogP contribution in [-0.2, 0) is 13.0 Å². The Morgan fingerprint density at radius 1 is 1.27 bits per heavy atom. The van der Waals surface area contributed by atoms with Gasteiger partial charge in [0, 0.05) is 12.1 Å². The fourth-order valence-corrected chi connectivity index (χ4v) is 3.49. The van der Waals surface area contributed by atoms with Gasteiger partial charge in [-0.15, -0.1) is 5.10 Å². The normalized spacial score (nSPS) is 14.4. The Morgan fingerprint density at radius 3 is 2.80 bits per heavy atom. The summed E-state index contributed by atoms with van der Waals surface area (Å²) >= 11 is 0. The highest BCUT2D eigenvalue weighted by Crippen LogP contribution is 2.22. The van der Waals surface area contributed by atoms with Crippen molar-refractivity contribution in [1.82, 2.24) is 35.6 Å². The number of amides is 1. The van der Waals surface area contributed by atoms with Gasteiger partial charge in [0.1, 0.15) is 5.69 Å². The van der Waals surface area contributed by atoms with E-state index in [4.69, 9.17) is 5.73 Å². The maximum absolute atomic E-state index is 13.1. The number of carbonyl (C=O) groups is 1. The van der Waals surface area contributed by atoms with E-state index in [9.17, 15) is 4.79 Å². The van der Waals surface area contributed by atoms with E-state index in [1.165, 1.54) is 10.2 Å². The number of nitrogens with zero attached hydrogens (tertiary/aromatic N) is 7. The molecule has 0 saturated heterocycles. The SMILES string of the molecule is CCN(CC)Cc1nnn(-c2nonc2N)c1C(=O)N/N=C1\CCc2ccccc21. The zero-order valence-corrected chi connectivity index (χ0v) is 16.9. The zero-order chi connectivity index (χ0) is 21.1. The van der Waals surface area contributed by atoms with Crippen molar-refractivity contribution in [3.05, 3.63) is 46.8 Å². The van der Waals surface area contributed by atoms with Gasteiger partial charge in [-0.1, -0.05) is 43.3 Å². The molecule has 3 aromatic rings. The smallest absolute Gasteiger partial charge is 0.292 e. The first kappa shape index (κ1) is 19.7. The van der Waals surface area contributed by atoms with E-state index >= 15 is 0 Å². The Balaban J connectivity index is 1.66. The van der Waals surface area contributed by atoms with Crippen LogP contribution in [0.5, 0.6) is 0 Å². The maximum Gasteiger partial charge on any atom is 0.292 e. The van der Waals surface area contributed by atoms with Gasteiger partial charge in [0.2, 0.25) is 11.6 Å². The minimum Gasteiger partial charge on any atom is -0.378 e. The zero-order valence-electron chi connectivity index (χ0n) is 16.9. The molecule has 1 amide bonds. The van der Waals surface area contributed by atoms with Crippen LogP contribution >= 0.6 is 0 Å². The van der Waals surface area contributed by atoms with Crippen molar-refractivity contribution in [2.75, 3.05) is 18.8 Å². The van der Waals surface area contributed by atoms with E-state index in [-0.39, 0.29) is 17.3 Å². The molecule has 1 aliphatic rings. The molecule has 0 aliphatic heterocycles. The summed E-state index contributed by atoms with van der Waals surface area (Å²) in [5.74, 6) is -0.335. The molecule has 11 heteroatoms. The minimum absolute atomic E-state index is 0.0133. The third kappa shape index (κ3) is 3.66. The van der Waals surface area contributed by atoms with Gasteiger partial charge in [0.15, 0.2) is 5.69 Å². The Morgan fingerprint density at radius 2 is 2.07 bits per heavy atom. The van der Waals surface area contributed by atoms with Gasteiger partial charge in [0.05, 0.1) is 5.71 Å². The second-order valence-corrected chi connectivity index (χ2v) is 6.89. The number of anilines is 1. The molecule has 0 unspecified atom stereocenters. The Kier molecular flexibility index (Phi) is 5.53. The van der Waals surface area contributed by atoms with Crippen molar-refractivity contribution in [2.45, 2.75) is 33.2 Å². The first-order chi connectivity index (χ1) is 14.6. The van der Waals surface area contributed by atoms with Crippen molar-refractivity contribution >= 4 is 17.4 Å². The van der Waals surface area contributed by atoms with E-state index in [0.717, 1.165) is 37.2 Å². The lowest BCUT2D eigenvalue weighted by Gasteiger charge is -2.16. The van der Waals surface area contributed by atoms with E-state index < -0.39 is 5.91 Å². The van der Waals surface area contributed by atoms with Crippen LogP contribution in [0, 0.1) is 0 Å². The third-order valence-electron chi connectivity index (χ3n) is 5.17. The number of hydrazone groups is 1. The number of nitrogen functional groups attached to an aromatic ring is 1. The molecular formula is C19H23N9O2. The Labute approximate surface area is 172 Å². The highest BCUT2D eigenvalue weighted by Gasteiger charge is 2.26. The molecule has 3 N–H and O–H groups in total. The van der Waals surface area contributed by atoms with Crippen LogP contribution in [-0.4, -0.2) is 54.9 Å². The highest BCUT2D eigenvalue weighted by molar-refractivity contribution is 6.05. The largest absolute Gasteiger partial charge is 0.378 e. The second-order valence-electron chi connectivity index (χ2n) is 6.89. The van der Waals surface area contributed by atoms with E-state index in [2.05, 4.69) is 46.7 Å². The molecule has 1 aromatic carbocycles. The van der Waals surface area contributed by atoms with E-state index in [1.807, 2.05) is 32.0 Å². The number of nitrogens with two attached hydrogens (primary N) is 1. The van der Waals surface area contributed by atoms with Crippen molar-refractivity contribution in [3.8, 4) is 5.82 Å². The first-order valence-corrected chi connectivity index (χ1v) is 9.82. The fraction of sp³-hybridized carbons (Fsp3) is 0.368. The summed E-state index contributed by atoms with van der Waals surface area (Å²) in [6.45, 7) is 6.13. The van der Waals surface area contributed by atoms with Crippen LogP contribution in [0.3, 0.4) is 0 Å². The number of rotatable bonds is 7. The van der Waals surface area contributed by atoms with Gasteiger partial charge in [-0.25, -0.2) is 10.1 Å². The summed E-state index contributed by atoms with van der Waals surface area (Å²) < 4.78 is 5.90. The summed E-state index contributed by atoms with van der Waals surface area (Å²) in [4.78, 5) is 15.2. The third-order valence-corrected chi connectivity index (χ3v) is 5.17.